The lowest BCUT2D eigenvalue weighted by molar-refractivity contribution is 0.0733. The van der Waals surface area contributed by atoms with E-state index in [0.29, 0.717) is 28.1 Å². The molecular formula is C24H28FN3O2. The highest BCUT2D eigenvalue weighted by Gasteiger charge is 2.27. The number of aryl methyl sites for hydroxylation is 3. The van der Waals surface area contributed by atoms with E-state index in [-0.39, 0.29) is 10.9 Å². The summed E-state index contributed by atoms with van der Waals surface area (Å²) in [6.07, 6.45) is 2.90. The molecule has 0 spiro atoms. The Labute approximate surface area is 176 Å². The van der Waals surface area contributed by atoms with Crippen LogP contribution in [0.1, 0.15) is 72.2 Å². The highest BCUT2D eigenvalue weighted by molar-refractivity contribution is 5.97. The van der Waals surface area contributed by atoms with Crippen LogP contribution in [0.5, 0.6) is 5.75 Å². The van der Waals surface area contributed by atoms with E-state index >= 15 is 0 Å². The zero-order valence-corrected chi connectivity index (χ0v) is 18.5. The van der Waals surface area contributed by atoms with E-state index in [2.05, 4.69) is 10.1 Å². The van der Waals surface area contributed by atoms with Crippen LogP contribution in [0, 0.1) is 26.6 Å². The summed E-state index contributed by atoms with van der Waals surface area (Å²) in [5, 5.41) is 5.04. The largest absolute Gasteiger partial charge is 0.422 e. The normalized spacial score (nSPS) is 14.1. The van der Waals surface area contributed by atoms with Crippen LogP contribution in [-0.2, 0) is 18.4 Å². The quantitative estimate of drug-likeness (QED) is 0.536. The molecule has 6 heteroatoms. The number of aromatic nitrogens is 3. The first kappa shape index (κ1) is 20.5. The topological polar surface area (TPSA) is 57.0 Å². The molecule has 0 fully saturated rings. The lowest BCUT2D eigenvalue weighted by atomic mass is 9.86. The summed E-state index contributed by atoms with van der Waals surface area (Å²) < 4.78 is 22.8. The maximum absolute atomic E-state index is 15.0. The van der Waals surface area contributed by atoms with Crippen LogP contribution in [0.2, 0.25) is 0 Å². The van der Waals surface area contributed by atoms with Crippen molar-refractivity contribution in [3.8, 4) is 5.75 Å². The molecule has 1 aliphatic heterocycles. The van der Waals surface area contributed by atoms with Gasteiger partial charge in [0, 0.05) is 23.2 Å². The van der Waals surface area contributed by atoms with Crippen molar-refractivity contribution in [3.63, 3.8) is 0 Å². The van der Waals surface area contributed by atoms with Crippen LogP contribution in [0.25, 0.3) is 10.9 Å². The zero-order chi connectivity index (χ0) is 21.8. The smallest absolute Gasteiger partial charge is 0.347 e. The van der Waals surface area contributed by atoms with Crippen LogP contribution >= 0.6 is 0 Å². The molecule has 4 rings (SSSR count). The third-order valence-corrected chi connectivity index (χ3v) is 6.00. The van der Waals surface area contributed by atoms with Gasteiger partial charge in [-0.15, -0.1) is 0 Å². The third-order valence-electron chi connectivity index (χ3n) is 6.00. The number of nitrogens with zero attached hydrogens (tertiary/aromatic N) is 3. The summed E-state index contributed by atoms with van der Waals surface area (Å²) in [5.41, 5.74) is 4.31. The van der Waals surface area contributed by atoms with Crippen molar-refractivity contribution < 1.29 is 13.9 Å². The molecular weight excluding hydrogens is 381 g/mol. The van der Waals surface area contributed by atoms with E-state index in [1.54, 1.807) is 6.92 Å². The minimum absolute atomic E-state index is 0.225. The van der Waals surface area contributed by atoms with Gasteiger partial charge in [0.05, 0.1) is 11.4 Å². The number of hydrogen-bond acceptors (Lipinski definition) is 4. The molecule has 0 saturated heterocycles. The molecule has 1 aromatic carbocycles. The van der Waals surface area contributed by atoms with Crippen molar-refractivity contribution >= 4 is 16.9 Å². The van der Waals surface area contributed by atoms with Crippen molar-refractivity contribution in [3.05, 3.63) is 51.7 Å². The van der Waals surface area contributed by atoms with E-state index in [1.165, 1.54) is 6.07 Å². The molecule has 0 radical (unpaired) electrons. The molecule has 3 heterocycles. The first-order valence-corrected chi connectivity index (χ1v) is 10.5. The number of halogens is 1. The highest BCUT2D eigenvalue weighted by atomic mass is 19.1. The Hall–Kier alpha value is -2.76. The second-order valence-corrected chi connectivity index (χ2v) is 9.23. The summed E-state index contributed by atoms with van der Waals surface area (Å²) in [6.45, 7) is 12.4. The predicted octanol–water partition coefficient (Wildman–Crippen LogP) is 5.35. The summed E-state index contributed by atoms with van der Waals surface area (Å²) >= 11 is 0. The Morgan fingerprint density at radius 2 is 1.87 bits per heavy atom. The molecule has 0 unspecified atom stereocenters. The molecule has 30 heavy (non-hydrogen) atoms. The molecule has 0 aliphatic carbocycles. The average Bonchev–Trinajstić information content (AvgIpc) is 3.01. The van der Waals surface area contributed by atoms with Crippen molar-refractivity contribution in [1.82, 2.24) is 14.8 Å². The Morgan fingerprint density at radius 3 is 2.57 bits per heavy atom. The van der Waals surface area contributed by atoms with Gasteiger partial charge in [0.25, 0.3) is 0 Å². The van der Waals surface area contributed by atoms with Crippen LogP contribution in [0.15, 0.2) is 12.1 Å². The molecule has 0 saturated carbocycles. The van der Waals surface area contributed by atoms with E-state index in [1.807, 2.05) is 45.4 Å². The van der Waals surface area contributed by atoms with Gasteiger partial charge in [-0.25, -0.2) is 14.2 Å². The number of esters is 1. The number of rotatable bonds is 2. The monoisotopic (exact) mass is 409 g/mol. The van der Waals surface area contributed by atoms with Crippen LogP contribution in [0.4, 0.5) is 4.39 Å². The molecule has 158 valence electrons. The fourth-order valence-electron chi connectivity index (χ4n) is 4.10. The molecule has 3 aromatic rings. The summed E-state index contributed by atoms with van der Waals surface area (Å²) in [4.78, 5) is 17.7. The average molecular weight is 410 g/mol. The van der Waals surface area contributed by atoms with E-state index in [0.717, 1.165) is 42.6 Å². The van der Waals surface area contributed by atoms with Gasteiger partial charge >= 0.3 is 5.97 Å². The molecule has 0 bridgehead atoms. The second kappa shape index (κ2) is 7.18. The Balaban J connectivity index is 1.86. The van der Waals surface area contributed by atoms with E-state index in [9.17, 15) is 9.18 Å². The van der Waals surface area contributed by atoms with E-state index < -0.39 is 11.8 Å². The first-order valence-electron chi connectivity index (χ1n) is 10.5. The van der Waals surface area contributed by atoms with Gasteiger partial charge < -0.3 is 4.74 Å². The minimum Gasteiger partial charge on any atom is -0.422 e. The van der Waals surface area contributed by atoms with E-state index in [4.69, 9.17) is 4.74 Å². The van der Waals surface area contributed by atoms with Crippen molar-refractivity contribution in [2.75, 3.05) is 0 Å². The van der Waals surface area contributed by atoms with Gasteiger partial charge in [-0.3, -0.25) is 4.68 Å². The van der Waals surface area contributed by atoms with Gasteiger partial charge in [-0.1, -0.05) is 20.8 Å². The van der Waals surface area contributed by atoms with Gasteiger partial charge in [0.2, 0.25) is 0 Å². The van der Waals surface area contributed by atoms with Crippen LogP contribution < -0.4 is 4.74 Å². The molecule has 2 aromatic heterocycles. The summed E-state index contributed by atoms with van der Waals surface area (Å²) in [6, 6.07) is 3.41. The number of fused-ring (bicyclic) bond motifs is 2. The zero-order valence-electron chi connectivity index (χ0n) is 18.5. The SMILES string of the molecule is Cc1nc2c(F)cc(C(C)(C)C)cc2c(OC(=O)c2c(C)nn3c2CCCC3)c1C. The Morgan fingerprint density at radius 1 is 1.13 bits per heavy atom. The lowest BCUT2D eigenvalue weighted by Gasteiger charge is -2.21. The predicted molar refractivity (Wildman–Crippen MR) is 115 cm³/mol. The fourth-order valence-corrected chi connectivity index (χ4v) is 4.10. The Kier molecular flexibility index (Phi) is 4.91. The fraction of sp³-hybridized carbons (Fsp3) is 0.458. The molecule has 5 nitrogen and oxygen atoms in total. The number of carbonyl (C=O) groups is 1. The van der Waals surface area contributed by atoms with Crippen LogP contribution in [-0.4, -0.2) is 20.7 Å². The highest BCUT2D eigenvalue weighted by Crippen LogP contribution is 2.36. The van der Waals surface area contributed by atoms with Crippen LogP contribution in [0.3, 0.4) is 0 Å². The molecule has 1 aliphatic rings. The molecule has 0 atom stereocenters. The number of pyridine rings is 1. The second-order valence-electron chi connectivity index (χ2n) is 9.23. The van der Waals surface area contributed by atoms with Crippen molar-refractivity contribution in [1.29, 1.82) is 0 Å². The van der Waals surface area contributed by atoms with Gasteiger partial charge in [-0.05, 0) is 63.1 Å². The standard InChI is InChI=1S/C24H28FN3O2/c1-13-14(2)26-21-17(11-16(12-18(21)25)24(4,5)6)22(13)30-23(29)20-15(3)27-28-10-8-7-9-19(20)28/h11-12H,7-10H2,1-6H3. The third kappa shape index (κ3) is 3.38. The van der Waals surface area contributed by atoms with Crippen molar-refractivity contribution in [2.24, 2.45) is 0 Å². The maximum atomic E-state index is 15.0. The minimum atomic E-state index is -0.438. The van der Waals surface area contributed by atoms with Gasteiger partial charge in [0.15, 0.2) is 0 Å². The van der Waals surface area contributed by atoms with Gasteiger partial charge in [-0.2, -0.15) is 5.10 Å². The number of hydrogen-bond donors (Lipinski definition) is 0. The molecule has 0 N–H and O–H groups in total. The summed E-state index contributed by atoms with van der Waals surface area (Å²) in [7, 11) is 0. The first-order chi connectivity index (χ1) is 14.1. The molecule has 0 amide bonds. The number of benzene rings is 1. The lowest BCUT2D eigenvalue weighted by Crippen LogP contribution is -2.17. The number of carbonyl (C=O) groups excluding carboxylic acids is 1. The van der Waals surface area contributed by atoms with Gasteiger partial charge in [0.1, 0.15) is 22.6 Å². The van der Waals surface area contributed by atoms with Crippen molar-refractivity contribution in [2.45, 2.75) is 72.8 Å². The number of ether oxygens (including phenoxy) is 1. The summed E-state index contributed by atoms with van der Waals surface area (Å²) in [5.74, 6) is -0.466. The maximum Gasteiger partial charge on any atom is 0.347 e. The Bertz CT molecular complexity index is 1170.